The van der Waals surface area contributed by atoms with Crippen LogP contribution in [-0.2, 0) is 20.6 Å². The second-order valence-electron chi connectivity index (χ2n) is 7.33. The summed E-state index contributed by atoms with van der Waals surface area (Å²) < 4.78 is 8.90. The van der Waals surface area contributed by atoms with Crippen molar-refractivity contribution in [2.75, 3.05) is 11.9 Å². The maximum Gasteiger partial charge on any atom is 0.290 e. The Bertz CT molecular complexity index is 1020. The zero-order valence-electron chi connectivity index (χ0n) is 16.3. The van der Waals surface area contributed by atoms with E-state index < -0.39 is 0 Å². The number of aromatic nitrogens is 5. The van der Waals surface area contributed by atoms with Gasteiger partial charge in [-0.2, -0.15) is 5.10 Å². The molecule has 4 rings (SSSR count). The smallest absolute Gasteiger partial charge is 0.290 e. The maximum atomic E-state index is 12.3. The molecule has 0 saturated heterocycles. The monoisotopic (exact) mass is 380 g/mol. The maximum absolute atomic E-state index is 12.3. The van der Waals surface area contributed by atoms with Crippen LogP contribution >= 0.6 is 0 Å². The van der Waals surface area contributed by atoms with E-state index in [4.69, 9.17) is 4.74 Å². The summed E-state index contributed by atoms with van der Waals surface area (Å²) in [6.07, 6.45) is 4.83. The number of rotatable bonds is 7. The minimum Gasteiger partial charge on any atom is -0.476 e. The molecule has 0 amide bonds. The molecule has 2 atom stereocenters. The van der Waals surface area contributed by atoms with Crippen molar-refractivity contribution in [3.8, 4) is 5.88 Å². The van der Waals surface area contributed by atoms with Gasteiger partial charge in [-0.05, 0) is 31.0 Å². The number of anilines is 1. The Morgan fingerprint density at radius 2 is 2.11 bits per heavy atom. The van der Waals surface area contributed by atoms with Gasteiger partial charge < -0.3 is 10.1 Å². The highest BCUT2D eigenvalue weighted by Gasteiger charge is 2.40. The Morgan fingerprint density at radius 3 is 2.82 bits per heavy atom. The van der Waals surface area contributed by atoms with Crippen molar-refractivity contribution in [3.05, 3.63) is 64.0 Å². The molecule has 8 nitrogen and oxygen atoms in total. The number of aryl methyl sites for hydroxylation is 3. The summed E-state index contributed by atoms with van der Waals surface area (Å²) in [4.78, 5) is 16.8. The van der Waals surface area contributed by atoms with E-state index in [2.05, 4.69) is 32.6 Å². The van der Waals surface area contributed by atoms with Crippen molar-refractivity contribution in [1.82, 2.24) is 24.5 Å². The Kier molecular flexibility index (Phi) is 4.85. The standard InChI is InChI=1S/C20H24N6O2/c1-13-4-5-17(21-10-13)16-8-14(16)12-28-19-9-18(20(27)26(3)24-19)22-11-15-6-7-25(2)23-15/h4-7,9-10,14,16,22H,8,11-12H2,1-3H3/t14-,16+/m1/s1. The first-order valence-electron chi connectivity index (χ1n) is 9.35. The molecule has 1 aliphatic rings. The van der Waals surface area contributed by atoms with Crippen LogP contribution in [0.1, 0.15) is 29.3 Å². The first-order chi connectivity index (χ1) is 13.5. The average molecular weight is 380 g/mol. The summed E-state index contributed by atoms with van der Waals surface area (Å²) in [6, 6.07) is 7.74. The van der Waals surface area contributed by atoms with Crippen LogP contribution in [0.15, 0.2) is 41.5 Å². The molecule has 0 bridgehead atoms. The third kappa shape index (κ3) is 4.05. The second kappa shape index (κ2) is 7.46. The molecule has 0 aliphatic heterocycles. The Balaban J connectivity index is 1.37. The number of hydrogen-bond acceptors (Lipinski definition) is 6. The SMILES string of the molecule is Cc1ccc([C@H]2C[C@@H]2COc2cc(NCc3ccn(C)n3)c(=O)n(C)n2)nc1. The number of pyridine rings is 1. The molecule has 0 unspecified atom stereocenters. The van der Waals surface area contributed by atoms with Crippen molar-refractivity contribution in [2.45, 2.75) is 25.8 Å². The van der Waals surface area contributed by atoms with Gasteiger partial charge in [-0.25, -0.2) is 4.68 Å². The Hall–Kier alpha value is -3.16. The Labute approximate surface area is 163 Å². The molecule has 1 fully saturated rings. The van der Waals surface area contributed by atoms with E-state index in [-0.39, 0.29) is 5.56 Å². The molecular weight excluding hydrogens is 356 g/mol. The van der Waals surface area contributed by atoms with Crippen molar-refractivity contribution in [1.29, 1.82) is 0 Å². The number of hydrogen-bond donors (Lipinski definition) is 1. The predicted molar refractivity (Wildman–Crippen MR) is 105 cm³/mol. The summed E-state index contributed by atoms with van der Waals surface area (Å²) >= 11 is 0. The lowest BCUT2D eigenvalue weighted by atomic mass is 10.2. The Morgan fingerprint density at radius 1 is 1.25 bits per heavy atom. The quantitative estimate of drug-likeness (QED) is 0.675. The molecule has 3 aromatic heterocycles. The van der Waals surface area contributed by atoms with Crippen LogP contribution in [0.2, 0.25) is 0 Å². The van der Waals surface area contributed by atoms with Gasteiger partial charge in [0.05, 0.1) is 18.8 Å². The van der Waals surface area contributed by atoms with E-state index in [1.54, 1.807) is 17.8 Å². The molecule has 0 aromatic carbocycles. The van der Waals surface area contributed by atoms with Crippen LogP contribution < -0.4 is 15.6 Å². The molecule has 28 heavy (non-hydrogen) atoms. The third-order valence-corrected chi connectivity index (χ3v) is 4.95. The number of nitrogens with zero attached hydrogens (tertiary/aromatic N) is 5. The lowest BCUT2D eigenvalue weighted by Crippen LogP contribution is -2.24. The van der Waals surface area contributed by atoms with Crippen LogP contribution in [0.3, 0.4) is 0 Å². The molecule has 1 N–H and O–H groups in total. The highest BCUT2D eigenvalue weighted by atomic mass is 16.5. The van der Waals surface area contributed by atoms with Crippen LogP contribution in [0.25, 0.3) is 0 Å². The van der Waals surface area contributed by atoms with Gasteiger partial charge >= 0.3 is 0 Å². The number of nitrogens with one attached hydrogen (secondary N) is 1. The van der Waals surface area contributed by atoms with Gasteiger partial charge in [0.15, 0.2) is 0 Å². The van der Waals surface area contributed by atoms with Gasteiger partial charge in [0.1, 0.15) is 5.69 Å². The summed E-state index contributed by atoms with van der Waals surface area (Å²) in [6.45, 7) is 3.06. The van der Waals surface area contributed by atoms with Gasteiger partial charge in [0.2, 0.25) is 5.88 Å². The summed E-state index contributed by atoms with van der Waals surface area (Å²) in [5.41, 5.74) is 3.39. The first-order valence-corrected chi connectivity index (χ1v) is 9.35. The van der Waals surface area contributed by atoms with E-state index >= 15 is 0 Å². The summed E-state index contributed by atoms with van der Waals surface area (Å²) in [7, 11) is 3.48. The van der Waals surface area contributed by atoms with Gasteiger partial charge in [0, 0.05) is 50.1 Å². The number of ether oxygens (including phenoxy) is 1. The molecule has 3 aromatic rings. The van der Waals surface area contributed by atoms with Crippen LogP contribution in [-0.4, -0.2) is 31.2 Å². The molecular formula is C20H24N6O2. The second-order valence-corrected chi connectivity index (χ2v) is 7.33. The van der Waals surface area contributed by atoms with E-state index in [0.717, 1.165) is 23.4 Å². The minimum atomic E-state index is -0.198. The summed E-state index contributed by atoms with van der Waals surface area (Å²) in [5.74, 6) is 1.31. The molecule has 1 saturated carbocycles. The fraction of sp³-hybridized carbons (Fsp3) is 0.400. The van der Waals surface area contributed by atoms with Crippen LogP contribution in [0.4, 0.5) is 5.69 Å². The largest absolute Gasteiger partial charge is 0.476 e. The van der Waals surface area contributed by atoms with Gasteiger partial charge in [-0.15, -0.1) is 5.10 Å². The molecule has 3 heterocycles. The molecule has 8 heteroatoms. The first kappa shape index (κ1) is 18.2. The summed E-state index contributed by atoms with van der Waals surface area (Å²) in [5, 5.41) is 11.6. The molecule has 0 spiro atoms. The normalized spacial score (nSPS) is 18.1. The highest BCUT2D eigenvalue weighted by molar-refractivity contribution is 5.43. The van der Waals surface area contributed by atoms with Gasteiger partial charge in [-0.1, -0.05) is 6.07 Å². The predicted octanol–water partition coefficient (Wildman–Crippen LogP) is 2.01. The topological polar surface area (TPSA) is 86.9 Å². The van der Waals surface area contributed by atoms with Crippen LogP contribution in [0, 0.1) is 12.8 Å². The van der Waals surface area contributed by atoms with E-state index in [1.165, 1.54) is 4.68 Å². The molecule has 146 valence electrons. The lowest BCUT2D eigenvalue weighted by molar-refractivity contribution is 0.278. The van der Waals surface area contributed by atoms with E-state index in [9.17, 15) is 4.79 Å². The average Bonchev–Trinajstić information content (AvgIpc) is 3.34. The van der Waals surface area contributed by atoms with Gasteiger partial charge in [-0.3, -0.25) is 14.5 Å². The van der Waals surface area contributed by atoms with Crippen molar-refractivity contribution >= 4 is 5.69 Å². The van der Waals surface area contributed by atoms with E-state index in [0.29, 0.717) is 36.6 Å². The minimum absolute atomic E-state index is 0.198. The van der Waals surface area contributed by atoms with Crippen LogP contribution in [0.5, 0.6) is 5.88 Å². The fourth-order valence-electron chi connectivity index (χ4n) is 3.21. The lowest BCUT2D eigenvalue weighted by Gasteiger charge is -2.10. The van der Waals surface area contributed by atoms with Crippen molar-refractivity contribution in [3.63, 3.8) is 0 Å². The zero-order valence-corrected chi connectivity index (χ0v) is 16.3. The molecule has 1 aliphatic carbocycles. The third-order valence-electron chi connectivity index (χ3n) is 4.95. The van der Waals surface area contributed by atoms with E-state index in [1.807, 2.05) is 32.4 Å². The van der Waals surface area contributed by atoms with Crippen molar-refractivity contribution in [2.24, 2.45) is 20.0 Å². The zero-order chi connectivity index (χ0) is 19.7. The fourth-order valence-corrected chi connectivity index (χ4v) is 3.21. The van der Waals surface area contributed by atoms with Crippen molar-refractivity contribution < 1.29 is 4.74 Å². The van der Waals surface area contributed by atoms with Gasteiger partial charge in [0.25, 0.3) is 5.56 Å². The molecule has 0 radical (unpaired) electrons. The highest BCUT2D eigenvalue weighted by Crippen LogP contribution is 2.46.